The minimum absolute atomic E-state index is 0.00353. The lowest BCUT2D eigenvalue weighted by atomic mass is 9.72. The van der Waals surface area contributed by atoms with Crippen LogP contribution in [-0.4, -0.2) is 110 Å². The molecule has 1 fully saturated rings. The summed E-state index contributed by atoms with van der Waals surface area (Å²) in [5.41, 5.74) is -2.22. The molecule has 2 atom stereocenters. The molecule has 0 radical (unpaired) electrons. The molecule has 3 aromatic rings. The number of phenols is 3. The van der Waals surface area contributed by atoms with Crippen molar-refractivity contribution in [3.8, 4) is 23.0 Å². The maximum atomic E-state index is 14.6. The first-order chi connectivity index (χ1) is 25.9. The predicted molar refractivity (Wildman–Crippen MR) is 177 cm³/mol. The second-order valence-electron chi connectivity index (χ2n) is 12.0. The van der Waals surface area contributed by atoms with E-state index in [-0.39, 0.29) is 38.0 Å². The van der Waals surface area contributed by atoms with Gasteiger partial charge < -0.3 is 51.0 Å². The van der Waals surface area contributed by atoms with Crippen LogP contribution in [-0.2, 0) is 20.8 Å². The lowest BCUT2D eigenvalue weighted by molar-refractivity contribution is -0.153. The number of hydrogen-bond acceptors (Lipinski definition) is 11. The first kappa shape index (κ1) is 39.9. The SMILES string of the molecule is O=C(NCCCN1CCN(C(=O)NC(C(=O)N[C@H]2Cc3ccc(F)c(C(=O)O)c3OB2O)c2cc(F)c(O)c(O)c2Cl)C(=O)C1=O)c1ccc(O)c(F)c1F. The molecule has 0 saturated carbocycles. The van der Waals surface area contributed by atoms with Gasteiger partial charge in [0.25, 0.3) is 5.91 Å². The van der Waals surface area contributed by atoms with Gasteiger partial charge in [-0.1, -0.05) is 17.7 Å². The second kappa shape index (κ2) is 16.0. The highest BCUT2D eigenvalue weighted by atomic mass is 35.5. The largest absolute Gasteiger partial charge is 0.547 e. The zero-order chi connectivity index (χ0) is 40.5. The normalized spacial score (nSPS) is 15.9. The molecule has 17 nitrogen and oxygen atoms in total. The van der Waals surface area contributed by atoms with Gasteiger partial charge in [-0.3, -0.25) is 24.1 Å². The fourth-order valence-corrected chi connectivity index (χ4v) is 5.96. The molecule has 0 spiro atoms. The topological polar surface area (TPSA) is 255 Å². The van der Waals surface area contributed by atoms with E-state index >= 15 is 0 Å². The maximum Gasteiger partial charge on any atom is 0.547 e. The Balaban J connectivity index is 1.27. The third kappa shape index (κ3) is 7.99. The number of nitrogens with zero attached hydrogens (tertiary/aromatic N) is 2. The number of benzene rings is 3. The molecule has 0 bridgehead atoms. The zero-order valence-corrected chi connectivity index (χ0v) is 28.5. The van der Waals surface area contributed by atoms with Gasteiger partial charge in [-0.05, 0) is 42.7 Å². The van der Waals surface area contributed by atoms with Gasteiger partial charge in [0, 0.05) is 31.7 Å². The van der Waals surface area contributed by atoms with E-state index in [2.05, 4.69) is 16.0 Å². The van der Waals surface area contributed by atoms with Gasteiger partial charge in [0.05, 0.1) is 16.5 Å². The Morgan fingerprint density at radius 2 is 1.67 bits per heavy atom. The Labute approximate surface area is 311 Å². The molecular weight excluding hydrogens is 769 g/mol. The average molecular weight is 796 g/mol. The van der Waals surface area contributed by atoms with E-state index in [1.165, 1.54) is 0 Å². The highest BCUT2D eigenvalue weighted by Gasteiger charge is 2.42. The minimum Gasteiger partial charge on any atom is -0.534 e. The van der Waals surface area contributed by atoms with E-state index in [0.717, 1.165) is 29.2 Å². The van der Waals surface area contributed by atoms with Crippen molar-refractivity contribution in [2.45, 2.75) is 24.8 Å². The Kier molecular flexibility index (Phi) is 11.6. The summed E-state index contributed by atoms with van der Waals surface area (Å²) in [6.45, 7) is -1.07. The highest BCUT2D eigenvalue weighted by molar-refractivity contribution is 6.47. The van der Waals surface area contributed by atoms with E-state index in [0.29, 0.717) is 11.0 Å². The number of rotatable bonds is 10. The summed E-state index contributed by atoms with van der Waals surface area (Å²) >= 11 is 6.10. The van der Waals surface area contributed by atoms with Crippen molar-refractivity contribution >= 4 is 54.3 Å². The van der Waals surface area contributed by atoms with Crippen LogP contribution in [0.15, 0.2) is 30.3 Å². The van der Waals surface area contributed by atoms with Crippen LogP contribution in [0.25, 0.3) is 0 Å². The number of hydrogen-bond donors (Lipinski definition) is 8. The molecule has 2 heterocycles. The van der Waals surface area contributed by atoms with Crippen LogP contribution < -0.4 is 20.6 Å². The second-order valence-corrected chi connectivity index (χ2v) is 12.4. The van der Waals surface area contributed by atoms with Crippen LogP contribution in [0.4, 0.5) is 22.4 Å². The third-order valence-electron chi connectivity index (χ3n) is 8.54. The number of carbonyl (C=O) groups is 6. The lowest BCUT2D eigenvalue weighted by Crippen LogP contribution is -2.60. The molecule has 2 aliphatic heterocycles. The Morgan fingerprint density at radius 1 is 0.964 bits per heavy atom. The van der Waals surface area contributed by atoms with Crippen molar-refractivity contribution in [3.63, 3.8) is 0 Å². The Hall–Kier alpha value is -6.29. The average Bonchev–Trinajstić information content (AvgIpc) is 3.13. The predicted octanol–water partition coefficient (Wildman–Crippen LogP) is 1.09. The molecular formula is C32H27BClF4N5O12. The van der Waals surface area contributed by atoms with E-state index in [1.54, 1.807) is 0 Å². The van der Waals surface area contributed by atoms with E-state index in [1.807, 2.05) is 0 Å². The number of halogens is 5. The van der Waals surface area contributed by atoms with Crippen LogP contribution in [0.3, 0.4) is 0 Å². The zero-order valence-electron chi connectivity index (χ0n) is 27.7. The Bertz CT molecular complexity index is 2130. The van der Waals surface area contributed by atoms with Crippen LogP contribution in [0.1, 0.15) is 44.3 Å². The molecule has 0 aliphatic carbocycles. The molecule has 3 aromatic carbocycles. The smallest absolute Gasteiger partial charge is 0.534 e. The molecule has 1 saturated heterocycles. The summed E-state index contributed by atoms with van der Waals surface area (Å²) in [7, 11) is -2.01. The van der Waals surface area contributed by atoms with Gasteiger partial charge in [-0.2, -0.15) is 4.39 Å². The summed E-state index contributed by atoms with van der Waals surface area (Å²) in [6, 6.07) is 0.538. The molecule has 290 valence electrons. The van der Waals surface area contributed by atoms with Crippen molar-refractivity contribution in [3.05, 3.63) is 80.9 Å². The number of piperazine rings is 1. The first-order valence-corrected chi connectivity index (χ1v) is 16.3. The van der Waals surface area contributed by atoms with E-state index < -0.39 is 129 Å². The lowest BCUT2D eigenvalue weighted by Gasteiger charge is -2.34. The van der Waals surface area contributed by atoms with Crippen molar-refractivity contribution in [2.24, 2.45) is 0 Å². The third-order valence-corrected chi connectivity index (χ3v) is 8.94. The van der Waals surface area contributed by atoms with E-state index in [4.69, 9.17) is 16.3 Å². The molecule has 1 unspecified atom stereocenters. The Morgan fingerprint density at radius 3 is 2.36 bits per heavy atom. The molecule has 8 N–H and O–H groups in total. The number of phenolic OH excluding ortho intramolecular Hbond substituents is 3. The number of carboxylic acids is 1. The summed E-state index contributed by atoms with van der Waals surface area (Å²) in [4.78, 5) is 78.2. The number of amides is 6. The van der Waals surface area contributed by atoms with Gasteiger partial charge in [-0.15, -0.1) is 0 Å². The van der Waals surface area contributed by atoms with Crippen LogP contribution in [0.2, 0.25) is 5.02 Å². The quantitative estimate of drug-likeness (QED) is 0.0472. The summed E-state index contributed by atoms with van der Waals surface area (Å²) in [5.74, 6) is -18.0. The van der Waals surface area contributed by atoms with Crippen LogP contribution in [0, 0.1) is 23.3 Å². The molecule has 6 amide bonds. The number of imide groups is 1. The molecule has 0 aromatic heterocycles. The number of urea groups is 1. The van der Waals surface area contributed by atoms with Gasteiger partial charge in [0.2, 0.25) is 11.7 Å². The van der Waals surface area contributed by atoms with Gasteiger partial charge in [0.1, 0.15) is 23.2 Å². The minimum atomic E-state index is -2.12. The van der Waals surface area contributed by atoms with Crippen molar-refractivity contribution in [2.75, 3.05) is 26.2 Å². The highest BCUT2D eigenvalue weighted by Crippen LogP contribution is 2.41. The van der Waals surface area contributed by atoms with Crippen molar-refractivity contribution in [1.29, 1.82) is 0 Å². The number of fused-ring (bicyclic) bond motifs is 1. The maximum absolute atomic E-state index is 14.6. The molecule has 55 heavy (non-hydrogen) atoms. The van der Waals surface area contributed by atoms with E-state index in [9.17, 15) is 71.8 Å². The summed E-state index contributed by atoms with van der Waals surface area (Å²) < 4.78 is 61.6. The molecule has 2 aliphatic rings. The molecule has 5 rings (SSSR count). The number of carboxylic acid groups (broad SMARTS) is 1. The van der Waals surface area contributed by atoms with Crippen LogP contribution in [0.5, 0.6) is 23.0 Å². The number of aromatic hydroxyl groups is 3. The number of aromatic carboxylic acids is 1. The van der Waals surface area contributed by atoms with Gasteiger partial charge >= 0.3 is 30.9 Å². The fourth-order valence-electron chi connectivity index (χ4n) is 5.71. The van der Waals surface area contributed by atoms with Crippen LogP contribution >= 0.6 is 11.6 Å². The van der Waals surface area contributed by atoms with Crippen molar-refractivity contribution in [1.82, 2.24) is 25.8 Å². The number of nitrogens with one attached hydrogen (secondary N) is 3. The van der Waals surface area contributed by atoms with Gasteiger partial charge in [-0.25, -0.2) is 22.8 Å². The van der Waals surface area contributed by atoms with Crippen molar-refractivity contribution < 1.29 is 76.4 Å². The summed E-state index contributed by atoms with van der Waals surface area (Å²) in [5, 5.41) is 55.0. The van der Waals surface area contributed by atoms with Gasteiger partial charge in [0.15, 0.2) is 28.9 Å². The fraction of sp³-hybridized carbons (Fsp3) is 0.250. The first-order valence-electron chi connectivity index (χ1n) is 15.9. The number of carbonyl (C=O) groups excluding carboxylic acids is 5. The monoisotopic (exact) mass is 795 g/mol. The summed E-state index contributed by atoms with van der Waals surface area (Å²) in [6.07, 6.45) is -0.360. The molecule has 23 heteroatoms. The standard InChI is InChI=1S/C32H27BClF4N5O12/c34-20-14(11-16(36)24(45)25(20)46)23(28(48)40-18-10-12-2-4-15(35)19(31(51)52)26(12)55-33(18)54)41-32(53)43-9-8-42(29(49)30(43)50)7-1-6-39-27(47)13-3-5-17(44)22(38)21(13)37/h2-5,11,18,23,44-46,54H,1,6-10H2,(H,39,47)(H,40,48)(H,41,53)(H,51,52)/t18-,23?/m0/s1.